The molecule has 0 amide bonds. The van der Waals surface area contributed by atoms with Crippen LogP contribution in [0.15, 0.2) is 42.5 Å². The largest absolute Gasteiger partial charge is 0.416 e. The topological polar surface area (TPSA) is 21.3 Å². The lowest BCUT2D eigenvalue weighted by Gasteiger charge is -2.43. The maximum atomic E-state index is 13.2. The van der Waals surface area contributed by atoms with E-state index in [1.807, 2.05) is 0 Å². The van der Waals surface area contributed by atoms with Crippen LogP contribution in [0.4, 0.5) is 23.2 Å². The average Bonchev–Trinajstić information content (AvgIpc) is 2.60. The number of ether oxygens (including phenoxy) is 1. The highest BCUT2D eigenvalue weighted by atomic mass is 19.4. The van der Waals surface area contributed by atoms with Crippen LogP contribution >= 0.6 is 0 Å². The molecule has 0 spiro atoms. The van der Waals surface area contributed by atoms with Crippen molar-refractivity contribution in [2.45, 2.75) is 31.2 Å². The molecule has 3 atom stereocenters. The summed E-state index contributed by atoms with van der Waals surface area (Å²) in [6.45, 7) is 0.535. The molecule has 4 rings (SSSR count). The summed E-state index contributed by atoms with van der Waals surface area (Å²) >= 11 is 0. The first kappa shape index (κ1) is 16.4. The van der Waals surface area contributed by atoms with Crippen LogP contribution in [0.2, 0.25) is 0 Å². The molecule has 2 aliphatic rings. The predicted octanol–water partition coefficient (Wildman–Crippen LogP) is 5.48. The number of halogens is 4. The Morgan fingerprint density at radius 1 is 1.04 bits per heavy atom. The third-order valence-corrected chi connectivity index (χ3v) is 5.02. The molecule has 2 heterocycles. The van der Waals surface area contributed by atoms with Crippen LogP contribution < -0.4 is 5.32 Å². The molecule has 0 aliphatic carbocycles. The van der Waals surface area contributed by atoms with Crippen molar-refractivity contribution in [2.24, 2.45) is 5.92 Å². The Balaban J connectivity index is 1.76. The van der Waals surface area contributed by atoms with Crippen LogP contribution in [0.3, 0.4) is 0 Å². The fraction of sp³-hybridized carbons (Fsp3) is 0.368. The first-order valence-corrected chi connectivity index (χ1v) is 8.28. The highest BCUT2D eigenvalue weighted by Gasteiger charge is 2.41. The van der Waals surface area contributed by atoms with Gasteiger partial charge < -0.3 is 10.1 Å². The van der Waals surface area contributed by atoms with Gasteiger partial charge in [0.05, 0.1) is 17.7 Å². The van der Waals surface area contributed by atoms with Gasteiger partial charge in [-0.05, 0) is 48.7 Å². The van der Waals surface area contributed by atoms with Gasteiger partial charge in [0.2, 0.25) is 0 Å². The van der Waals surface area contributed by atoms with E-state index in [1.165, 1.54) is 24.3 Å². The van der Waals surface area contributed by atoms with Crippen molar-refractivity contribution in [1.29, 1.82) is 0 Å². The number of hydrogen-bond acceptors (Lipinski definition) is 2. The Morgan fingerprint density at radius 2 is 1.80 bits per heavy atom. The first-order valence-electron chi connectivity index (χ1n) is 8.28. The molecule has 2 nitrogen and oxygen atoms in total. The molecule has 0 unspecified atom stereocenters. The van der Waals surface area contributed by atoms with Crippen molar-refractivity contribution in [3.63, 3.8) is 0 Å². The van der Waals surface area contributed by atoms with Crippen molar-refractivity contribution in [2.75, 3.05) is 11.9 Å². The van der Waals surface area contributed by atoms with Crippen molar-refractivity contribution in [3.05, 3.63) is 65.0 Å². The summed E-state index contributed by atoms with van der Waals surface area (Å²) in [5, 5.41) is 3.34. The second-order valence-electron chi connectivity index (χ2n) is 6.57. The second kappa shape index (κ2) is 6.02. The highest BCUT2D eigenvalue weighted by Crippen LogP contribution is 2.50. The van der Waals surface area contributed by atoms with E-state index in [0.717, 1.165) is 24.5 Å². The van der Waals surface area contributed by atoms with Crippen LogP contribution in [0, 0.1) is 11.7 Å². The Kier molecular flexibility index (Phi) is 3.95. The Bertz CT molecular complexity index is 772. The number of nitrogens with one attached hydrogen (secondary N) is 1. The summed E-state index contributed by atoms with van der Waals surface area (Å²) in [5.41, 5.74) is 1.44. The van der Waals surface area contributed by atoms with Crippen molar-refractivity contribution in [1.82, 2.24) is 0 Å². The molecule has 0 bridgehead atoms. The molecule has 132 valence electrons. The summed E-state index contributed by atoms with van der Waals surface area (Å²) in [5.74, 6) is -0.304. The van der Waals surface area contributed by atoms with Gasteiger partial charge in [-0.3, -0.25) is 0 Å². The number of hydrogen-bond donors (Lipinski definition) is 1. The third kappa shape index (κ3) is 2.99. The summed E-state index contributed by atoms with van der Waals surface area (Å²) in [7, 11) is 0. The number of rotatable bonds is 1. The molecular weight excluding hydrogens is 334 g/mol. The lowest BCUT2D eigenvalue weighted by molar-refractivity contribution is -0.137. The van der Waals surface area contributed by atoms with Crippen molar-refractivity contribution in [3.8, 4) is 0 Å². The molecule has 6 heteroatoms. The SMILES string of the molecule is Fc1ccc([C@@H]2Nc3ccc(C(F)(F)F)cc3[C@H]3OCCC[C@H]32)cc1. The fourth-order valence-corrected chi connectivity index (χ4v) is 3.85. The molecule has 0 saturated carbocycles. The monoisotopic (exact) mass is 351 g/mol. The molecule has 2 aromatic carbocycles. The Labute approximate surface area is 142 Å². The number of benzene rings is 2. The first-order chi connectivity index (χ1) is 11.9. The molecule has 0 radical (unpaired) electrons. The van der Waals surface area contributed by atoms with E-state index >= 15 is 0 Å². The van der Waals surface area contributed by atoms with E-state index in [-0.39, 0.29) is 23.9 Å². The van der Waals surface area contributed by atoms with Gasteiger partial charge in [0.25, 0.3) is 0 Å². The molecular formula is C19H17F4NO. The van der Waals surface area contributed by atoms with Gasteiger partial charge in [-0.15, -0.1) is 0 Å². The second-order valence-corrected chi connectivity index (χ2v) is 6.57. The van der Waals surface area contributed by atoms with Crippen LogP contribution in [0.25, 0.3) is 0 Å². The quantitative estimate of drug-likeness (QED) is 0.687. The Morgan fingerprint density at radius 3 is 2.52 bits per heavy atom. The summed E-state index contributed by atoms with van der Waals surface area (Å²) in [6, 6.07) is 9.85. The smallest absolute Gasteiger partial charge is 0.378 e. The van der Waals surface area contributed by atoms with Gasteiger partial charge in [0.15, 0.2) is 0 Å². The zero-order valence-electron chi connectivity index (χ0n) is 13.3. The molecule has 1 saturated heterocycles. The summed E-state index contributed by atoms with van der Waals surface area (Å²) < 4.78 is 58.3. The van der Waals surface area contributed by atoms with Gasteiger partial charge in [-0.25, -0.2) is 4.39 Å². The minimum atomic E-state index is -4.38. The predicted molar refractivity (Wildman–Crippen MR) is 85.6 cm³/mol. The normalized spacial score (nSPS) is 25.7. The van der Waals surface area contributed by atoms with Crippen molar-refractivity contribution >= 4 is 5.69 Å². The van der Waals surface area contributed by atoms with E-state index in [1.54, 1.807) is 12.1 Å². The van der Waals surface area contributed by atoms with Gasteiger partial charge in [-0.1, -0.05) is 12.1 Å². The van der Waals surface area contributed by atoms with Crippen LogP contribution in [0.1, 0.15) is 41.7 Å². The van der Waals surface area contributed by atoms with Crippen molar-refractivity contribution < 1.29 is 22.3 Å². The molecule has 1 fully saturated rings. The maximum absolute atomic E-state index is 13.2. The van der Waals surface area contributed by atoms with E-state index in [0.29, 0.717) is 17.9 Å². The van der Waals surface area contributed by atoms with Gasteiger partial charge >= 0.3 is 6.18 Å². The fourth-order valence-electron chi connectivity index (χ4n) is 3.85. The van der Waals surface area contributed by atoms with E-state index in [2.05, 4.69) is 5.32 Å². The number of fused-ring (bicyclic) bond motifs is 3. The van der Waals surface area contributed by atoms with Crippen LogP contribution in [-0.2, 0) is 10.9 Å². The molecule has 25 heavy (non-hydrogen) atoms. The zero-order chi connectivity index (χ0) is 17.6. The molecule has 0 aromatic heterocycles. The maximum Gasteiger partial charge on any atom is 0.416 e. The average molecular weight is 351 g/mol. The Hall–Kier alpha value is -2.08. The standard InChI is InChI=1S/C19H17F4NO/c20-13-6-3-11(4-7-13)17-14-2-1-9-25-18(14)15-10-12(19(21,22)23)5-8-16(15)24-17/h3-8,10,14,17-18,24H,1-2,9H2/t14-,17-,18-/m0/s1. The van der Waals surface area contributed by atoms with Gasteiger partial charge in [0, 0.05) is 23.8 Å². The van der Waals surface area contributed by atoms with E-state index < -0.39 is 11.7 Å². The lowest BCUT2D eigenvalue weighted by atomic mass is 9.77. The minimum absolute atomic E-state index is 0.00944. The molecule has 2 aromatic rings. The minimum Gasteiger partial charge on any atom is -0.378 e. The third-order valence-electron chi connectivity index (χ3n) is 5.02. The summed E-state index contributed by atoms with van der Waals surface area (Å²) in [6.07, 6.45) is -3.07. The van der Waals surface area contributed by atoms with Crippen LogP contribution in [0.5, 0.6) is 0 Å². The van der Waals surface area contributed by atoms with Gasteiger partial charge in [0.1, 0.15) is 5.82 Å². The zero-order valence-corrected chi connectivity index (χ0v) is 13.3. The number of alkyl halides is 3. The van der Waals surface area contributed by atoms with E-state index in [4.69, 9.17) is 4.74 Å². The summed E-state index contributed by atoms with van der Waals surface area (Å²) in [4.78, 5) is 0. The molecule has 1 N–H and O–H groups in total. The van der Waals surface area contributed by atoms with Crippen LogP contribution in [-0.4, -0.2) is 6.61 Å². The number of anilines is 1. The molecule has 2 aliphatic heterocycles. The lowest BCUT2D eigenvalue weighted by Crippen LogP contribution is -2.36. The van der Waals surface area contributed by atoms with E-state index in [9.17, 15) is 17.6 Å². The highest BCUT2D eigenvalue weighted by molar-refractivity contribution is 5.58. The van der Waals surface area contributed by atoms with Gasteiger partial charge in [-0.2, -0.15) is 13.2 Å².